The summed E-state index contributed by atoms with van der Waals surface area (Å²) in [5, 5.41) is 28.2. The summed E-state index contributed by atoms with van der Waals surface area (Å²) in [6, 6.07) is 0. The second-order valence-corrected chi connectivity index (χ2v) is 4.67. The predicted octanol–water partition coefficient (Wildman–Crippen LogP) is -0.486. The van der Waals surface area contributed by atoms with Crippen molar-refractivity contribution in [3.8, 4) is 0 Å². The second-order valence-electron chi connectivity index (χ2n) is 4.67. The molecule has 3 N–H and O–H groups in total. The molecule has 1 aliphatic rings. The number of ether oxygens (including phenoxy) is 1. The van der Waals surface area contributed by atoms with Crippen LogP contribution < -0.4 is 0 Å². The fraction of sp³-hybridized carbons (Fsp3) is 1.00. The molecule has 1 aliphatic heterocycles. The Morgan fingerprint density at radius 3 is 1.75 bits per heavy atom. The van der Waals surface area contributed by atoms with E-state index in [1.165, 1.54) is 0 Å². The Morgan fingerprint density at radius 1 is 0.938 bits per heavy atom. The zero-order valence-corrected chi connectivity index (χ0v) is 24.2. The molecule has 0 aliphatic carbocycles. The van der Waals surface area contributed by atoms with Gasteiger partial charge in [-0.2, -0.15) is 0 Å². The molecule has 87 valence electrons. The number of rotatable bonds is 0. The summed E-state index contributed by atoms with van der Waals surface area (Å²) in [6.07, 6.45) is -3.51. The van der Waals surface area contributed by atoms with Crippen molar-refractivity contribution < 1.29 is 152 Å². The number of hydrogen-bond donors (Lipinski definition) is 3. The fourth-order valence-electron chi connectivity index (χ4n) is 1.57. The Hall–Kier alpha value is 4.16. The van der Waals surface area contributed by atoms with Crippen LogP contribution in [0.15, 0.2) is 0 Å². The average molecular weight is 871 g/mol. The molecule has 1 saturated heterocycles. The molecule has 0 aromatic rings. The molecule has 1 fully saturated rings. The van der Waals surface area contributed by atoms with Crippen LogP contribution in [0.5, 0.6) is 0 Å². The van der Waals surface area contributed by atoms with E-state index < -0.39 is 24.4 Å². The average Bonchev–Trinajstić information content (AvgIpc) is 1.98. The predicted molar refractivity (Wildman–Crippen MR) is 47.2 cm³/mol. The second kappa shape index (κ2) is 10.8. The molecule has 16 heavy (non-hydrogen) atoms. The minimum Gasteiger partial charge on any atom is -0.388 e. The van der Waals surface area contributed by atoms with Gasteiger partial charge in [-0.15, -0.1) is 0 Å². The molecule has 0 bridgehead atoms. The monoisotopic (exact) mass is 871 g/mol. The van der Waals surface area contributed by atoms with Gasteiger partial charge in [-0.05, 0) is 5.41 Å². The van der Waals surface area contributed by atoms with Crippen molar-refractivity contribution in [2.45, 2.75) is 45.2 Å². The van der Waals surface area contributed by atoms with Gasteiger partial charge in [0.05, 0.1) is 12.7 Å². The minimum absolute atomic E-state index is 0. The van der Waals surface area contributed by atoms with Crippen LogP contribution in [0.3, 0.4) is 0 Å². The molecule has 1 heterocycles. The molecule has 0 saturated carbocycles. The van der Waals surface area contributed by atoms with Crippen LogP contribution in [0.4, 0.5) is 0 Å². The van der Waals surface area contributed by atoms with Crippen molar-refractivity contribution in [1.82, 2.24) is 0 Å². The van der Waals surface area contributed by atoms with Gasteiger partial charge in [-0.25, -0.2) is 0 Å². The van der Waals surface area contributed by atoms with Gasteiger partial charge < -0.3 is 20.1 Å². The van der Waals surface area contributed by atoms with E-state index in [1.807, 2.05) is 20.8 Å². The largest absolute Gasteiger partial charge is 0.388 e. The summed E-state index contributed by atoms with van der Waals surface area (Å²) in [4.78, 5) is 0. The van der Waals surface area contributed by atoms with Crippen molar-refractivity contribution in [3.63, 3.8) is 0 Å². The van der Waals surface area contributed by atoms with E-state index in [9.17, 15) is 15.3 Å². The summed E-state index contributed by atoms with van der Waals surface area (Å²) in [7, 11) is 0. The molecular weight excluding hydrogens is 853 g/mol. The van der Waals surface area contributed by atoms with E-state index in [-0.39, 0.29) is 144 Å². The Morgan fingerprint density at radius 2 is 1.38 bits per heavy atom. The standard InChI is InChI=1S/C9H18O4.3Ac/c1-9(2,3)8-7(12)6(11)5(10)4-13-8;;;/h5-8,10-12H,4H2,1-3H3;;;/t5-,6-,7+,8-;;;/m1.../s1. The summed E-state index contributed by atoms with van der Waals surface area (Å²) < 4.78 is 5.28. The van der Waals surface area contributed by atoms with Gasteiger partial charge in [0.2, 0.25) is 0 Å². The minimum atomic E-state index is -1.10. The molecule has 7 heteroatoms. The van der Waals surface area contributed by atoms with E-state index in [0.29, 0.717) is 0 Å². The molecule has 1 rings (SSSR count). The Labute approximate surface area is 204 Å². The third-order valence-electron chi connectivity index (χ3n) is 2.35. The zero-order chi connectivity index (χ0) is 10.2. The van der Waals surface area contributed by atoms with Gasteiger partial charge in [0.1, 0.15) is 18.3 Å². The molecule has 0 unspecified atom stereocenters. The van der Waals surface area contributed by atoms with Gasteiger partial charge in [-0.3, -0.25) is 0 Å². The quantitative estimate of drug-likeness (QED) is 0.308. The molecule has 0 aromatic heterocycles. The van der Waals surface area contributed by atoms with Gasteiger partial charge in [-0.1, -0.05) is 20.8 Å². The first-order valence-electron chi connectivity index (χ1n) is 4.50. The van der Waals surface area contributed by atoms with Gasteiger partial charge in [0, 0.05) is 132 Å². The van der Waals surface area contributed by atoms with Gasteiger partial charge in [0.25, 0.3) is 0 Å². The first-order chi connectivity index (χ1) is 5.84. The zero-order valence-electron chi connectivity index (χ0n) is 10.00. The topological polar surface area (TPSA) is 69.9 Å². The summed E-state index contributed by atoms with van der Waals surface area (Å²) in [6.45, 7) is 5.85. The van der Waals surface area contributed by atoms with Crippen molar-refractivity contribution in [3.05, 3.63) is 0 Å². The molecule has 0 aromatic carbocycles. The maximum Gasteiger partial charge on any atom is 0.111 e. The van der Waals surface area contributed by atoms with Crippen LogP contribution in [-0.4, -0.2) is 46.3 Å². The van der Waals surface area contributed by atoms with E-state index >= 15 is 0 Å². The first-order valence-corrected chi connectivity index (χ1v) is 4.50. The van der Waals surface area contributed by atoms with Crippen LogP contribution in [0.2, 0.25) is 0 Å². The molecule has 3 radical (unpaired) electrons. The van der Waals surface area contributed by atoms with Crippen molar-refractivity contribution in [1.29, 1.82) is 0 Å². The molecule has 0 amide bonds. The van der Waals surface area contributed by atoms with E-state index in [2.05, 4.69) is 0 Å². The normalized spacial score (nSPS) is 34.1. The fourth-order valence-corrected chi connectivity index (χ4v) is 1.57. The molecule has 0 spiro atoms. The number of aliphatic hydroxyl groups excluding tert-OH is 3. The van der Waals surface area contributed by atoms with E-state index in [1.54, 1.807) is 0 Å². The Bertz CT molecular complexity index is 186. The summed E-state index contributed by atoms with van der Waals surface area (Å²) in [5.41, 5.74) is -0.236. The number of aliphatic hydroxyl groups is 3. The molecule has 4 atom stereocenters. The van der Waals surface area contributed by atoms with Gasteiger partial charge in [0.15, 0.2) is 0 Å². The van der Waals surface area contributed by atoms with Crippen LogP contribution >= 0.6 is 0 Å². The maximum atomic E-state index is 9.61. The molecular formula is C9H18Ac3O4. The van der Waals surface area contributed by atoms with E-state index in [0.717, 1.165) is 0 Å². The van der Waals surface area contributed by atoms with Crippen LogP contribution in [-0.2, 0) is 4.74 Å². The van der Waals surface area contributed by atoms with Crippen LogP contribution in [0.25, 0.3) is 0 Å². The first kappa shape index (κ1) is 25.1. The van der Waals surface area contributed by atoms with Crippen LogP contribution in [0, 0.1) is 138 Å². The summed E-state index contributed by atoms with van der Waals surface area (Å²) >= 11 is 0. The Kier molecular flexibility index (Phi) is 17.0. The van der Waals surface area contributed by atoms with Crippen molar-refractivity contribution in [2.75, 3.05) is 6.61 Å². The smallest absolute Gasteiger partial charge is 0.111 e. The summed E-state index contributed by atoms with van der Waals surface area (Å²) in [5.74, 6) is 0. The van der Waals surface area contributed by atoms with Crippen LogP contribution in [0.1, 0.15) is 20.8 Å². The van der Waals surface area contributed by atoms with Crippen molar-refractivity contribution >= 4 is 0 Å². The number of hydrogen-bond acceptors (Lipinski definition) is 4. The van der Waals surface area contributed by atoms with E-state index in [4.69, 9.17) is 4.74 Å². The maximum absolute atomic E-state index is 9.61. The molecule has 4 nitrogen and oxygen atoms in total. The third kappa shape index (κ3) is 7.25. The van der Waals surface area contributed by atoms with Gasteiger partial charge >= 0.3 is 0 Å². The third-order valence-corrected chi connectivity index (χ3v) is 2.35. The van der Waals surface area contributed by atoms with Crippen molar-refractivity contribution in [2.24, 2.45) is 5.41 Å². The SMILES string of the molecule is CC(C)(C)[C@@H]1OC[C@@H](O)[C@@H](O)[C@@H]1O.[Ac].[Ac].[Ac]. The Balaban J connectivity index is -0.000000563.